The Hall–Kier alpha value is -2.09. The molecule has 0 saturated carbocycles. The molecule has 2 rings (SSSR count). The standard InChI is InChI=1S/C15H12INO4/c16-12-8-11(14(18)19)6-7-13(12)17-15(20)21-9-10-4-2-1-3-5-10/h1-8H,9H2,(H,17,20)(H,18,19)/p-1. The van der Waals surface area contributed by atoms with Crippen LogP contribution in [-0.2, 0) is 11.3 Å². The Morgan fingerprint density at radius 3 is 2.48 bits per heavy atom. The fourth-order valence-corrected chi connectivity index (χ4v) is 2.26. The molecule has 1 N–H and O–H groups in total. The molecule has 0 spiro atoms. The topological polar surface area (TPSA) is 78.5 Å². The summed E-state index contributed by atoms with van der Waals surface area (Å²) in [7, 11) is 0. The number of ether oxygens (including phenoxy) is 1. The third-order valence-corrected chi connectivity index (χ3v) is 3.55. The van der Waals surface area contributed by atoms with Crippen molar-refractivity contribution in [2.75, 3.05) is 5.32 Å². The third kappa shape index (κ3) is 4.45. The number of rotatable bonds is 4. The molecule has 6 heteroatoms. The van der Waals surface area contributed by atoms with Crippen LogP contribution in [0.4, 0.5) is 10.5 Å². The Balaban J connectivity index is 1.95. The van der Waals surface area contributed by atoms with Crippen molar-refractivity contribution in [2.45, 2.75) is 6.61 Å². The van der Waals surface area contributed by atoms with Crippen molar-refractivity contribution in [1.82, 2.24) is 0 Å². The van der Waals surface area contributed by atoms with Crippen LogP contribution >= 0.6 is 22.6 Å². The molecule has 0 atom stereocenters. The van der Waals surface area contributed by atoms with Crippen molar-refractivity contribution in [3.8, 4) is 0 Å². The van der Waals surface area contributed by atoms with Gasteiger partial charge < -0.3 is 14.6 Å². The van der Waals surface area contributed by atoms with Crippen molar-refractivity contribution in [1.29, 1.82) is 0 Å². The summed E-state index contributed by atoms with van der Waals surface area (Å²) in [6.45, 7) is 0.167. The first-order valence-corrected chi connectivity index (χ1v) is 7.13. The lowest BCUT2D eigenvalue weighted by atomic mass is 10.2. The Morgan fingerprint density at radius 2 is 1.86 bits per heavy atom. The summed E-state index contributed by atoms with van der Waals surface area (Å²) in [6, 6.07) is 13.6. The minimum absolute atomic E-state index is 0.0580. The maximum Gasteiger partial charge on any atom is 0.411 e. The molecule has 21 heavy (non-hydrogen) atoms. The third-order valence-electron chi connectivity index (χ3n) is 2.65. The van der Waals surface area contributed by atoms with Crippen LogP contribution in [0.1, 0.15) is 15.9 Å². The van der Waals surface area contributed by atoms with Gasteiger partial charge in [0.25, 0.3) is 0 Å². The number of aromatic carboxylic acids is 1. The van der Waals surface area contributed by atoms with E-state index in [1.807, 2.05) is 52.9 Å². The molecule has 0 aliphatic heterocycles. The fraction of sp³-hybridized carbons (Fsp3) is 0.0667. The van der Waals surface area contributed by atoms with Gasteiger partial charge in [0.05, 0.1) is 11.7 Å². The number of carboxylic acid groups (broad SMARTS) is 1. The van der Waals surface area contributed by atoms with Gasteiger partial charge in [0.1, 0.15) is 6.61 Å². The van der Waals surface area contributed by atoms with Crippen molar-refractivity contribution >= 4 is 40.3 Å². The van der Waals surface area contributed by atoms with E-state index in [1.165, 1.54) is 18.2 Å². The van der Waals surface area contributed by atoms with Gasteiger partial charge >= 0.3 is 6.09 Å². The second-order valence-electron chi connectivity index (χ2n) is 4.17. The van der Waals surface area contributed by atoms with E-state index < -0.39 is 12.1 Å². The van der Waals surface area contributed by atoms with Gasteiger partial charge in [0, 0.05) is 3.57 Å². The van der Waals surface area contributed by atoms with Crippen LogP contribution in [-0.4, -0.2) is 12.1 Å². The predicted octanol–water partition coefficient (Wildman–Crippen LogP) is 2.40. The average Bonchev–Trinajstić information content (AvgIpc) is 2.48. The first-order valence-electron chi connectivity index (χ1n) is 6.05. The zero-order valence-corrected chi connectivity index (χ0v) is 13.0. The molecule has 2 aromatic rings. The number of carboxylic acids is 1. The average molecular weight is 396 g/mol. The van der Waals surface area contributed by atoms with Gasteiger partial charge in [-0.05, 0) is 45.9 Å². The quantitative estimate of drug-likeness (QED) is 0.806. The highest BCUT2D eigenvalue weighted by atomic mass is 127. The molecule has 0 unspecified atom stereocenters. The summed E-state index contributed by atoms with van der Waals surface area (Å²) in [5, 5.41) is 13.3. The van der Waals surface area contributed by atoms with Crippen molar-refractivity contribution < 1.29 is 19.4 Å². The zero-order chi connectivity index (χ0) is 15.2. The Bertz CT molecular complexity index is 658. The van der Waals surface area contributed by atoms with Crippen LogP contribution in [0, 0.1) is 3.57 Å². The highest BCUT2D eigenvalue weighted by Gasteiger charge is 2.07. The van der Waals surface area contributed by atoms with Crippen LogP contribution in [0.25, 0.3) is 0 Å². The summed E-state index contributed by atoms with van der Waals surface area (Å²) >= 11 is 1.93. The maximum atomic E-state index is 11.7. The molecule has 0 aliphatic carbocycles. The monoisotopic (exact) mass is 396 g/mol. The molecule has 0 bridgehead atoms. The molecule has 0 aliphatic rings. The number of carbonyl (C=O) groups excluding carboxylic acids is 2. The van der Waals surface area contributed by atoms with Gasteiger partial charge in [-0.2, -0.15) is 0 Å². The molecule has 0 fully saturated rings. The lowest BCUT2D eigenvalue weighted by Crippen LogP contribution is -2.22. The highest BCUT2D eigenvalue weighted by Crippen LogP contribution is 2.19. The maximum absolute atomic E-state index is 11.7. The van der Waals surface area contributed by atoms with E-state index in [4.69, 9.17) is 4.74 Å². The number of nitrogens with one attached hydrogen (secondary N) is 1. The zero-order valence-electron chi connectivity index (χ0n) is 10.8. The molecule has 0 radical (unpaired) electrons. The minimum atomic E-state index is -1.26. The van der Waals surface area contributed by atoms with Crippen LogP contribution in [0.5, 0.6) is 0 Å². The number of anilines is 1. The van der Waals surface area contributed by atoms with Crippen molar-refractivity contribution in [3.05, 3.63) is 63.2 Å². The molecular weight excluding hydrogens is 385 g/mol. The summed E-state index contributed by atoms with van der Waals surface area (Å²) in [4.78, 5) is 22.4. The first-order chi connectivity index (χ1) is 10.1. The number of hydrogen-bond acceptors (Lipinski definition) is 4. The van der Waals surface area contributed by atoms with Crippen molar-refractivity contribution in [2.24, 2.45) is 0 Å². The normalized spacial score (nSPS) is 9.95. The van der Waals surface area contributed by atoms with Crippen LogP contribution < -0.4 is 10.4 Å². The Labute approximate surface area is 135 Å². The van der Waals surface area contributed by atoms with Gasteiger partial charge in [-0.3, -0.25) is 5.32 Å². The first kappa shape index (κ1) is 15.3. The van der Waals surface area contributed by atoms with E-state index >= 15 is 0 Å². The van der Waals surface area contributed by atoms with E-state index in [0.717, 1.165) is 5.56 Å². The summed E-state index contributed by atoms with van der Waals surface area (Å²) in [6.07, 6.45) is -0.599. The van der Waals surface area contributed by atoms with Gasteiger partial charge in [-0.1, -0.05) is 36.4 Å². The lowest BCUT2D eigenvalue weighted by Gasteiger charge is -2.10. The number of hydrogen-bond donors (Lipinski definition) is 1. The Morgan fingerprint density at radius 1 is 1.14 bits per heavy atom. The van der Waals surface area contributed by atoms with Gasteiger partial charge in [0.15, 0.2) is 0 Å². The molecule has 5 nitrogen and oxygen atoms in total. The van der Waals surface area contributed by atoms with Gasteiger partial charge in [0.2, 0.25) is 0 Å². The molecule has 0 heterocycles. The summed E-state index contributed by atoms with van der Waals surface area (Å²) < 4.78 is 5.67. The molecule has 0 aromatic heterocycles. The smallest absolute Gasteiger partial charge is 0.411 e. The molecule has 2 aromatic carbocycles. The largest absolute Gasteiger partial charge is 0.545 e. The minimum Gasteiger partial charge on any atom is -0.545 e. The van der Waals surface area contributed by atoms with E-state index in [2.05, 4.69) is 5.32 Å². The van der Waals surface area contributed by atoms with Gasteiger partial charge in [-0.15, -0.1) is 0 Å². The van der Waals surface area contributed by atoms with Crippen LogP contribution in [0.3, 0.4) is 0 Å². The van der Waals surface area contributed by atoms with Gasteiger partial charge in [-0.25, -0.2) is 4.79 Å². The molecule has 108 valence electrons. The summed E-state index contributed by atoms with van der Waals surface area (Å²) in [5.74, 6) is -1.26. The second kappa shape index (κ2) is 7.07. The fourth-order valence-electron chi connectivity index (χ4n) is 1.61. The van der Waals surface area contributed by atoms with Crippen LogP contribution in [0.15, 0.2) is 48.5 Å². The summed E-state index contributed by atoms with van der Waals surface area (Å²) in [5.41, 5.74) is 1.43. The molecule has 0 saturated heterocycles. The van der Waals surface area contributed by atoms with Crippen molar-refractivity contribution in [3.63, 3.8) is 0 Å². The van der Waals surface area contributed by atoms with E-state index in [0.29, 0.717) is 9.26 Å². The number of benzene rings is 2. The molecule has 1 amide bonds. The SMILES string of the molecule is O=C(Nc1ccc(C(=O)[O-])cc1I)OCc1ccccc1. The number of halogens is 1. The molecular formula is C15H11INO4-. The second-order valence-corrected chi connectivity index (χ2v) is 5.33. The highest BCUT2D eigenvalue weighted by molar-refractivity contribution is 14.1. The van der Waals surface area contributed by atoms with E-state index in [-0.39, 0.29) is 12.2 Å². The lowest BCUT2D eigenvalue weighted by molar-refractivity contribution is -0.255. The number of amides is 1. The number of carbonyl (C=O) groups is 2. The van der Waals surface area contributed by atoms with E-state index in [1.54, 1.807) is 0 Å². The van der Waals surface area contributed by atoms with Crippen LogP contribution in [0.2, 0.25) is 0 Å². The predicted molar refractivity (Wildman–Crippen MR) is 83.7 cm³/mol. The Kier molecular flexibility index (Phi) is 5.15. The van der Waals surface area contributed by atoms with E-state index in [9.17, 15) is 14.7 Å².